The number of benzene rings is 3. The van der Waals surface area contributed by atoms with E-state index in [1.54, 1.807) is 26.8 Å². The molecule has 0 aromatic heterocycles. The first-order valence-electron chi connectivity index (χ1n) is 17.5. The molecule has 0 saturated heterocycles. The Balaban J connectivity index is 1.72. The number of ether oxygens (including phenoxy) is 1. The lowest BCUT2D eigenvalue weighted by Crippen LogP contribution is -2.58. The molecule has 12 nitrogen and oxygen atoms in total. The lowest BCUT2D eigenvalue weighted by atomic mass is 9.94. The third-order valence-electron chi connectivity index (χ3n) is 8.98. The molecule has 0 heterocycles. The van der Waals surface area contributed by atoms with E-state index in [0.29, 0.717) is 18.6 Å². The summed E-state index contributed by atoms with van der Waals surface area (Å²) >= 11 is 0. The molecule has 276 valence electrons. The number of carboxylic acids is 1. The monoisotopic (exact) mass is 703 g/mol. The van der Waals surface area contributed by atoms with Crippen LogP contribution in [0.4, 0.5) is 0 Å². The molecule has 0 spiro atoms. The van der Waals surface area contributed by atoms with Gasteiger partial charge in [-0.2, -0.15) is 0 Å². The van der Waals surface area contributed by atoms with Gasteiger partial charge in [0.25, 0.3) is 5.91 Å². The molecule has 0 aliphatic carbocycles. The largest absolute Gasteiger partial charge is 0.483 e. The molecule has 0 fully saturated rings. The van der Waals surface area contributed by atoms with Crippen LogP contribution in [0.5, 0.6) is 5.75 Å². The number of hydrogen-bond donors (Lipinski definition) is 6. The standard InChI is InChI=1S/C39H53N5O7/c1-7-25(6)36(38(48)44-35(24(4)5)39(49)50)42-32(45)21-29(40)30(20-26-14-9-8-10-15-26)41-37(47)34(23(2)3)43-33(46)22-51-31-19-13-17-27-16-11-12-18-28(27)31/h8-19,23-25,29-30,34-36H,7,20-22,40H2,1-6H3,(H,41,47)(H,42,45)(H,43,46)(H,44,48)(H,49,50)/t25-,29?,30?,34-,35-,36-/m0/s1. The van der Waals surface area contributed by atoms with Crippen LogP contribution < -0.4 is 31.7 Å². The molecule has 6 atom stereocenters. The first-order valence-corrected chi connectivity index (χ1v) is 17.5. The quantitative estimate of drug-likeness (QED) is 0.109. The van der Waals surface area contributed by atoms with Crippen LogP contribution in [0, 0.1) is 17.8 Å². The summed E-state index contributed by atoms with van der Waals surface area (Å²) < 4.78 is 5.84. The maximum absolute atomic E-state index is 13.7. The molecular formula is C39H53N5O7. The minimum atomic E-state index is -1.16. The number of carboxylic acid groups (broad SMARTS) is 1. The van der Waals surface area contributed by atoms with Crippen LogP contribution in [0.3, 0.4) is 0 Å². The maximum Gasteiger partial charge on any atom is 0.326 e. The number of nitrogens with two attached hydrogens (primary N) is 1. The van der Waals surface area contributed by atoms with Gasteiger partial charge >= 0.3 is 5.97 Å². The average molecular weight is 704 g/mol. The summed E-state index contributed by atoms with van der Waals surface area (Å²) in [6, 6.07) is 18.0. The normalized spacial score (nSPS) is 14.8. The van der Waals surface area contributed by atoms with Crippen LogP contribution in [-0.4, -0.2) is 71.5 Å². The first-order chi connectivity index (χ1) is 24.2. The molecule has 3 rings (SSSR count). The van der Waals surface area contributed by atoms with Crippen molar-refractivity contribution in [3.05, 3.63) is 78.4 Å². The number of fused-ring (bicyclic) bond motifs is 1. The molecule has 51 heavy (non-hydrogen) atoms. The number of nitrogens with one attached hydrogen (secondary N) is 4. The summed E-state index contributed by atoms with van der Waals surface area (Å²) in [5, 5.41) is 22.5. The van der Waals surface area contributed by atoms with Crippen molar-refractivity contribution in [2.24, 2.45) is 23.5 Å². The van der Waals surface area contributed by atoms with E-state index in [1.807, 2.05) is 87.5 Å². The number of carbonyl (C=O) groups excluding carboxylic acids is 4. The van der Waals surface area contributed by atoms with Crippen molar-refractivity contribution in [1.29, 1.82) is 0 Å². The zero-order chi connectivity index (χ0) is 37.7. The Morgan fingerprint density at radius 2 is 1.29 bits per heavy atom. The van der Waals surface area contributed by atoms with Crippen molar-refractivity contribution < 1.29 is 33.8 Å². The minimum Gasteiger partial charge on any atom is -0.483 e. The van der Waals surface area contributed by atoms with E-state index in [9.17, 15) is 29.1 Å². The molecule has 0 saturated carbocycles. The average Bonchev–Trinajstić information content (AvgIpc) is 3.10. The highest BCUT2D eigenvalue weighted by Gasteiger charge is 2.33. The SMILES string of the molecule is CC[C@H](C)[C@H](NC(=O)CC(N)C(Cc1ccccc1)NC(=O)[C@@H](NC(=O)COc1cccc2ccccc12)C(C)C)C(=O)N[C@H](C(=O)O)C(C)C. The fourth-order valence-corrected chi connectivity index (χ4v) is 5.71. The van der Waals surface area contributed by atoms with E-state index in [4.69, 9.17) is 10.5 Å². The van der Waals surface area contributed by atoms with Crippen molar-refractivity contribution >= 4 is 40.4 Å². The number of hydrogen-bond acceptors (Lipinski definition) is 7. The molecular weight excluding hydrogens is 650 g/mol. The highest BCUT2D eigenvalue weighted by molar-refractivity contribution is 5.92. The molecule has 3 aromatic rings. The van der Waals surface area contributed by atoms with Crippen LogP contribution in [0.1, 0.15) is 59.9 Å². The summed E-state index contributed by atoms with van der Waals surface area (Å²) in [5.41, 5.74) is 7.48. The van der Waals surface area contributed by atoms with E-state index in [-0.39, 0.29) is 30.8 Å². The van der Waals surface area contributed by atoms with Gasteiger partial charge in [-0.3, -0.25) is 19.2 Å². The summed E-state index contributed by atoms with van der Waals surface area (Å²) in [6.07, 6.45) is 0.613. The zero-order valence-corrected chi connectivity index (χ0v) is 30.3. The van der Waals surface area contributed by atoms with E-state index in [0.717, 1.165) is 16.3 Å². The van der Waals surface area contributed by atoms with Crippen LogP contribution >= 0.6 is 0 Å². The Bertz CT molecular complexity index is 1630. The molecule has 0 aliphatic rings. The van der Waals surface area contributed by atoms with Gasteiger partial charge in [0.2, 0.25) is 17.7 Å². The van der Waals surface area contributed by atoms with Crippen molar-refractivity contribution in [2.75, 3.05) is 6.61 Å². The van der Waals surface area contributed by atoms with Gasteiger partial charge in [0.1, 0.15) is 23.9 Å². The van der Waals surface area contributed by atoms with Gasteiger partial charge in [0.05, 0.1) is 0 Å². The van der Waals surface area contributed by atoms with Crippen LogP contribution in [0.25, 0.3) is 10.8 Å². The van der Waals surface area contributed by atoms with Crippen LogP contribution in [0.2, 0.25) is 0 Å². The van der Waals surface area contributed by atoms with Gasteiger partial charge in [-0.05, 0) is 41.2 Å². The Morgan fingerprint density at radius 3 is 1.92 bits per heavy atom. The molecule has 2 unspecified atom stereocenters. The van der Waals surface area contributed by atoms with Crippen molar-refractivity contribution in [1.82, 2.24) is 21.3 Å². The van der Waals surface area contributed by atoms with Crippen LogP contribution in [-0.2, 0) is 30.4 Å². The van der Waals surface area contributed by atoms with E-state index in [2.05, 4.69) is 21.3 Å². The van der Waals surface area contributed by atoms with E-state index < -0.39 is 59.8 Å². The van der Waals surface area contributed by atoms with Gasteiger partial charge in [-0.15, -0.1) is 0 Å². The first kappa shape index (κ1) is 40.5. The number of carbonyl (C=O) groups is 5. The highest BCUT2D eigenvalue weighted by Crippen LogP contribution is 2.25. The molecule has 12 heteroatoms. The smallest absolute Gasteiger partial charge is 0.326 e. The minimum absolute atomic E-state index is 0.234. The Morgan fingerprint density at radius 1 is 0.706 bits per heavy atom. The fraction of sp³-hybridized carbons (Fsp3) is 0.462. The summed E-state index contributed by atoms with van der Waals surface area (Å²) in [5.74, 6) is -3.63. The Labute approximate surface area is 300 Å². The second kappa shape index (κ2) is 19.4. The molecule has 4 amide bonds. The fourth-order valence-electron chi connectivity index (χ4n) is 5.71. The lowest BCUT2D eigenvalue weighted by Gasteiger charge is -2.30. The van der Waals surface area contributed by atoms with Gasteiger partial charge < -0.3 is 36.8 Å². The lowest BCUT2D eigenvalue weighted by molar-refractivity contribution is -0.143. The third kappa shape index (κ3) is 12.1. The Kier molecular flexibility index (Phi) is 15.4. The highest BCUT2D eigenvalue weighted by atomic mass is 16.5. The van der Waals surface area contributed by atoms with Gasteiger partial charge in [0, 0.05) is 23.9 Å². The Hall–Kier alpha value is -4.97. The summed E-state index contributed by atoms with van der Waals surface area (Å²) in [7, 11) is 0. The molecule has 0 bridgehead atoms. The summed E-state index contributed by atoms with van der Waals surface area (Å²) in [4.78, 5) is 65.1. The topological polar surface area (TPSA) is 189 Å². The number of aliphatic carboxylic acids is 1. The van der Waals surface area contributed by atoms with Crippen LogP contribution in [0.15, 0.2) is 72.8 Å². The van der Waals surface area contributed by atoms with E-state index >= 15 is 0 Å². The van der Waals surface area contributed by atoms with Crippen molar-refractivity contribution in [3.63, 3.8) is 0 Å². The van der Waals surface area contributed by atoms with Crippen molar-refractivity contribution in [2.45, 2.75) is 91.0 Å². The third-order valence-corrected chi connectivity index (χ3v) is 8.98. The summed E-state index contributed by atoms with van der Waals surface area (Å²) in [6.45, 7) is 10.4. The second-order valence-electron chi connectivity index (χ2n) is 13.7. The molecule has 3 aromatic carbocycles. The predicted molar refractivity (Wildman–Crippen MR) is 197 cm³/mol. The molecule has 0 radical (unpaired) electrons. The van der Waals surface area contributed by atoms with Crippen molar-refractivity contribution in [3.8, 4) is 5.75 Å². The number of rotatable bonds is 19. The molecule has 0 aliphatic heterocycles. The van der Waals surface area contributed by atoms with Gasteiger partial charge in [-0.1, -0.05) is 115 Å². The van der Waals surface area contributed by atoms with Gasteiger partial charge in [-0.25, -0.2) is 4.79 Å². The maximum atomic E-state index is 13.7. The van der Waals surface area contributed by atoms with E-state index in [1.165, 1.54) is 0 Å². The van der Waals surface area contributed by atoms with Gasteiger partial charge in [0.15, 0.2) is 6.61 Å². The number of amides is 4. The zero-order valence-electron chi connectivity index (χ0n) is 30.3. The molecule has 7 N–H and O–H groups in total. The second-order valence-corrected chi connectivity index (χ2v) is 13.7. The predicted octanol–water partition coefficient (Wildman–Crippen LogP) is 3.56.